The summed E-state index contributed by atoms with van der Waals surface area (Å²) < 4.78 is 7.75. The number of likely N-dealkylation sites (tertiary alicyclic amines) is 1. The molecule has 136 valence electrons. The molecule has 1 amide bonds. The van der Waals surface area contributed by atoms with Crippen LogP contribution in [0.15, 0.2) is 30.3 Å². The minimum Gasteiger partial charge on any atom is -0.462 e. The number of nitrogens with two attached hydrogens (primary N) is 1. The van der Waals surface area contributed by atoms with Gasteiger partial charge in [-0.15, -0.1) is 0 Å². The first-order valence-corrected chi connectivity index (χ1v) is 9.28. The number of ether oxygens (including phenoxy) is 1. The van der Waals surface area contributed by atoms with Crippen LogP contribution in [0.5, 0.6) is 0 Å². The number of carbonyl (C=O) groups is 1. The number of nitrogens with zero attached hydrogens (tertiary/aromatic N) is 4. The summed E-state index contributed by atoms with van der Waals surface area (Å²) in [6.45, 7) is 1.93. The summed E-state index contributed by atoms with van der Waals surface area (Å²) in [7, 11) is 1.93. The maximum atomic E-state index is 12.1. The van der Waals surface area contributed by atoms with Crippen molar-refractivity contribution in [1.82, 2.24) is 14.7 Å². The van der Waals surface area contributed by atoms with Gasteiger partial charge in [-0.1, -0.05) is 0 Å². The van der Waals surface area contributed by atoms with E-state index in [0.717, 1.165) is 42.5 Å². The number of hydrogen-bond donors (Lipinski definition) is 1. The molecule has 1 saturated heterocycles. The van der Waals surface area contributed by atoms with Gasteiger partial charge in [0.15, 0.2) is 0 Å². The summed E-state index contributed by atoms with van der Waals surface area (Å²) in [5.41, 5.74) is 9.35. The average Bonchev–Trinajstić information content (AvgIpc) is 3.01. The van der Waals surface area contributed by atoms with Crippen LogP contribution in [0.2, 0.25) is 0 Å². The first-order valence-electron chi connectivity index (χ1n) is 9.28. The van der Waals surface area contributed by atoms with Gasteiger partial charge in [0.2, 0.25) is 6.35 Å². The molecule has 26 heavy (non-hydrogen) atoms. The van der Waals surface area contributed by atoms with E-state index in [1.807, 2.05) is 22.8 Å². The van der Waals surface area contributed by atoms with E-state index in [0.29, 0.717) is 11.6 Å². The van der Waals surface area contributed by atoms with Crippen molar-refractivity contribution in [3.8, 4) is 0 Å². The number of hydrogen-bond acceptors (Lipinski definition) is 5. The number of rotatable bonds is 4. The van der Waals surface area contributed by atoms with E-state index in [4.69, 9.17) is 10.5 Å². The molecule has 3 heterocycles. The molecular formula is C19H23N5O2. The average molecular weight is 353 g/mol. The fraction of sp³-hybridized carbons (Fsp3) is 0.474. The molecule has 1 saturated carbocycles. The highest BCUT2D eigenvalue weighted by molar-refractivity contribution is 5.97. The van der Waals surface area contributed by atoms with Gasteiger partial charge in [-0.3, -0.25) is 19.3 Å². The molecule has 2 aromatic rings. The van der Waals surface area contributed by atoms with Crippen molar-refractivity contribution in [2.75, 3.05) is 18.0 Å². The largest absolute Gasteiger partial charge is 0.462 e. The zero-order valence-corrected chi connectivity index (χ0v) is 14.9. The molecule has 7 heteroatoms. The van der Waals surface area contributed by atoms with Crippen LogP contribution in [0, 0.1) is 0 Å². The van der Waals surface area contributed by atoms with Crippen molar-refractivity contribution in [3.05, 3.63) is 35.9 Å². The van der Waals surface area contributed by atoms with Crippen LogP contribution in [0.3, 0.4) is 0 Å². The molecule has 5 rings (SSSR count). The van der Waals surface area contributed by atoms with Gasteiger partial charge in [0, 0.05) is 31.7 Å². The number of aryl methyl sites for hydroxylation is 1. The number of benzene rings is 1. The Hall–Kier alpha value is -2.54. The van der Waals surface area contributed by atoms with E-state index >= 15 is 0 Å². The minimum atomic E-state index is -0.459. The number of amides is 1. The van der Waals surface area contributed by atoms with E-state index < -0.39 is 5.91 Å². The Kier molecular flexibility index (Phi) is 3.46. The number of carbonyl (C=O) groups excluding carboxylic acids is 1. The highest BCUT2D eigenvalue weighted by Gasteiger charge is 2.40. The lowest BCUT2D eigenvalue weighted by Gasteiger charge is -2.34. The molecule has 0 radical (unpaired) electrons. The molecule has 2 fully saturated rings. The van der Waals surface area contributed by atoms with Gasteiger partial charge < -0.3 is 10.5 Å². The first-order chi connectivity index (χ1) is 12.6. The lowest BCUT2D eigenvalue weighted by Crippen LogP contribution is -2.46. The monoisotopic (exact) mass is 353 g/mol. The van der Waals surface area contributed by atoms with Crippen molar-refractivity contribution in [2.24, 2.45) is 12.8 Å². The lowest BCUT2D eigenvalue weighted by molar-refractivity contribution is -0.114. The molecule has 2 aliphatic heterocycles. The molecule has 0 bridgehead atoms. The maximum Gasteiger partial charge on any atom is 0.268 e. The topological polar surface area (TPSA) is 76.6 Å². The van der Waals surface area contributed by atoms with Gasteiger partial charge in [0.05, 0.1) is 11.2 Å². The molecule has 1 aromatic carbocycles. The normalized spacial score (nSPS) is 23.5. The second kappa shape index (κ2) is 5.74. The van der Waals surface area contributed by atoms with Crippen LogP contribution in [0.25, 0.3) is 10.9 Å². The first kappa shape index (κ1) is 15.7. The minimum absolute atomic E-state index is 0.299. The zero-order chi connectivity index (χ0) is 17.8. The third-order valence-electron chi connectivity index (χ3n) is 5.53. The van der Waals surface area contributed by atoms with Crippen LogP contribution in [-0.4, -0.2) is 40.0 Å². The molecule has 1 aliphatic carbocycles. The van der Waals surface area contributed by atoms with Crippen LogP contribution in [0.4, 0.5) is 5.69 Å². The molecular weight excluding hydrogens is 330 g/mol. The van der Waals surface area contributed by atoms with Gasteiger partial charge in [0.25, 0.3) is 5.91 Å². The number of primary amides is 1. The molecule has 3 aliphatic rings. The molecule has 1 aromatic heterocycles. The highest BCUT2D eigenvalue weighted by atomic mass is 16.5. The third-order valence-corrected chi connectivity index (χ3v) is 5.53. The summed E-state index contributed by atoms with van der Waals surface area (Å²) in [5, 5.41) is 5.61. The molecule has 0 unspecified atom stereocenters. The maximum absolute atomic E-state index is 12.1. The second-order valence-electron chi connectivity index (χ2n) is 7.49. The Balaban J connectivity index is 1.65. The Morgan fingerprint density at radius 3 is 2.73 bits per heavy atom. The second-order valence-corrected chi connectivity index (χ2v) is 7.49. The fourth-order valence-corrected chi connectivity index (χ4v) is 4.13. The van der Waals surface area contributed by atoms with E-state index in [1.165, 1.54) is 24.7 Å². The Labute approximate surface area is 152 Å². The molecule has 2 N–H and O–H groups in total. The van der Waals surface area contributed by atoms with Crippen molar-refractivity contribution < 1.29 is 9.53 Å². The van der Waals surface area contributed by atoms with Gasteiger partial charge >= 0.3 is 0 Å². The summed E-state index contributed by atoms with van der Waals surface area (Å²) in [5.74, 6) is 0.0603. The van der Waals surface area contributed by atoms with Gasteiger partial charge in [-0.05, 0) is 49.3 Å². The van der Waals surface area contributed by atoms with E-state index in [1.54, 1.807) is 0 Å². The third kappa shape index (κ3) is 2.46. The predicted octanol–water partition coefficient (Wildman–Crippen LogP) is 1.99. The smallest absolute Gasteiger partial charge is 0.268 e. The summed E-state index contributed by atoms with van der Waals surface area (Å²) >= 11 is 0. The van der Waals surface area contributed by atoms with Crippen molar-refractivity contribution in [3.63, 3.8) is 0 Å². The predicted molar refractivity (Wildman–Crippen MR) is 98.1 cm³/mol. The summed E-state index contributed by atoms with van der Waals surface area (Å²) in [6, 6.07) is 4.30. The van der Waals surface area contributed by atoms with Crippen LogP contribution in [0.1, 0.15) is 37.2 Å². The SMILES string of the molecule is Cn1cc2cc(N3C(C(N)=O)=CO[C@H]3N3CCCC3)c(C3CC3)cc2n1. The Morgan fingerprint density at radius 2 is 2.04 bits per heavy atom. The van der Waals surface area contributed by atoms with Crippen LogP contribution >= 0.6 is 0 Å². The van der Waals surface area contributed by atoms with Gasteiger partial charge in [-0.2, -0.15) is 5.10 Å². The molecule has 1 atom stereocenters. The van der Waals surface area contributed by atoms with Crippen molar-refractivity contribution in [1.29, 1.82) is 0 Å². The van der Waals surface area contributed by atoms with Gasteiger partial charge in [0.1, 0.15) is 12.0 Å². The lowest BCUT2D eigenvalue weighted by atomic mass is 10.0. The van der Waals surface area contributed by atoms with Crippen molar-refractivity contribution in [2.45, 2.75) is 38.0 Å². The van der Waals surface area contributed by atoms with Crippen LogP contribution in [-0.2, 0) is 16.6 Å². The highest BCUT2D eigenvalue weighted by Crippen LogP contribution is 2.47. The number of anilines is 1. The molecule has 7 nitrogen and oxygen atoms in total. The van der Waals surface area contributed by atoms with E-state index in [2.05, 4.69) is 22.1 Å². The van der Waals surface area contributed by atoms with Gasteiger partial charge in [-0.25, -0.2) is 0 Å². The fourth-order valence-electron chi connectivity index (χ4n) is 4.13. The van der Waals surface area contributed by atoms with E-state index in [9.17, 15) is 4.79 Å². The quantitative estimate of drug-likeness (QED) is 0.910. The standard InChI is InChI=1S/C19H23N5O2/c1-22-10-13-8-16(14(12-4-5-12)9-15(13)21-22)24-17(18(20)25)11-26-19(24)23-6-2-3-7-23/h8-12,19H,2-7H2,1H3,(H2,20,25)/t19-/m0/s1. The van der Waals surface area contributed by atoms with Crippen molar-refractivity contribution >= 4 is 22.5 Å². The number of fused-ring (bicyclic) bond motifs is 1. The van der Waals surface area contributed by atoms with Crippen LogP contribution < -0.4 is 10.6 Å². The summed E-state index contributed by atoms with van der Waals surface area (Å²) in [4.78, 5) is 16.4. The molecule has 0 spiro atoms. The van der Waals surface area contributed by atoms with E-state index in [-0.39, 0.29) is 6.35 Å². The number of aromatic nitrogens is 2. The summed E-state index contributed by atoms with van der Waals surface area (Å²) in [6.07, 6.45) is 7.87. The Morgan fingerprint density at radius 1 is 1.27 bits per heavy atom. The zero-order valence-electron chi connectivity index (χ0n) is 14.9. The Bertz CT molecular complexity index is 908.